The van der Waals surface area contributed by atoms with E-state index in [0.29, 0.717) is 11.3 Å². The quantitative estimate of drug-likeness (QED) is 0.446. The smallest absolute Gasteiger partial charge is 0.232 e. The van der Waals surface area contributed by atoms with Crippen molar-refractivity contribution < 1.29 is 9.63 Å². The van der Waals surface area contributed by atoms with Crippen molar-refractivity contribution in [1.82, 2.24) is 15.1 Å². The van der Waals surface area contributed by atoms with E-state index >= 15 is 0 Å². The van der Waals surface area contributed by atoms with E-state index in [4.69, 9.17) is 9.51 Å². The van der Waals surface area contributed by atoms with Gasteiger partial charge in [0.1, 0.15) is 10.6 Å². The molecule has 3 aromatic rings. The van der Waals surface area contributed by atoms with Crippen LogP contribution >= 0.6 is 11.3 Å². The summed E-state index contributed by atoms with van der Waals surface area (Å²) in [5, 5.41) is 21.0. The highest BCUT2D eigenvalue weighted by Gasteiger charge is 2.52. The maximum Gasteiger partial charge on any atom is 0.232 e. The van der Waals surface area contributed by atoms with Crippen molar-refractivity contribution in [3.63, 3.8) is 0 Å². The van der Waals surface area contributed by atoms with Crippen LogP contribution in [0.3, 0.4) is 0 Å². The number of thiazole rings is 1. The number of rotatable bonds is 7. The van der Waals surface area contributed by atoms with E-state index in [2.05, 4.69) is 39.7 Å². The molecular weight excluding hydrogens is 432 g/mol. The Bertz CT molecular complexity index is 1130. The Morgan fingerprint density at radius 2 is 1.88 bits per heavy atom. The Labute approximate surface area is 198 Å². The molecule has 0 spiro atoms. The van der Waals surface area contributed by atoms with Gasteiger partial charge in [-0.15, -0.1) is 11.3 Å². The molecule has 4 aliphatic carbocycles. The Kier molecular flexibility index (Phi) is 4.93. The molecule has 0 unspecified atom stereocenters. The van der Waals surface area contributed by atoms with Crippen LogP contribution in [0.1, 0.15) is 87.9 Å². The first kappa shape index (κ1) is 21.3. The standard InChI is InChI=1S/C26H32N4O2S/c1-24(2,31)23-28-20(15-33-23)18-4-3-5-19(14-18)27-16-25-8-11-26(12-9-25,13-10-25)22-29-21(30-32-22)17-6-7-17/h3-5,14-15,17,27,31H,6-13,16H2,1-2H3. The van der Waals surface area contributed by atoms with Crippen molar-refractivity contribution in [1.29, 1.82) is 0 Å². The number of hydrogen-bond acceptors (Lipinski definition) is 7. The highest BCUT2D eigenvalue weighted by Crippen LogP contribution is 2.57. The van der Waals surface area contributed by atoms with Gasteiger partial charge in [-0.25, -0.2) is 4.98 Å². The van der Waals surface area contributed by atoms with Gasteiger partial charge in [0, 0.05) is 34.5 Å². The average Bonchev–Trinajstić information content (AvgIpc) is 3.33. The van der Waals surface area contributed by atoms with Gasteiger partial charge in [-0.3, -0.25) is 0 Å². The summed E-state index contributed by atoms with van der Waals surface area (Å²) in [4.78, 5) is 9.47. The molecule has 0 aliphatic heterocycles. The second kappa shape index (κ2) is 7.64. The molecule has 4 fully saturated rings. The zero-order valence-electron chi connectivity index (χ0n) is 19.4. The summed E-state index contributed by atoms with van der Waals surface area (Å²) in [6.07, 6.45) is 9.51. The molecule has 7 heteroatoms. The number of aromatic nitrogens is 3. The first-order valence-electron chi connectivity index (χ1n) is 12.2. The van der Waals surface area contributed by atoms with Gasteiger partial charge in [-0.05, 0) is 82.8 Å². The molecule has 7 rings (SSSR count). The highest BCUT2D eigenvalue weighted by molar-refractivity contribution is 7.10. The second-order valence-electron chi connectivity index (χ2n) is 11.0. The monoisotopic (exact) mass is 464 g/mol. The first-order valence-corrected chi connectivity index (χ1v) is 13.1. The van der Waals surface area contributed by atoms with Gasteiger partial charge >= 0.3 is 0 Å². The summed E-state index contributed by atoms with van der Waals surface area (Å²) in [6.45, 7) is 4.55. The molecule has 33 heavy (non-hydrogen) atoms. The maximum absolute atomic E-state index is 10.2. The van der Waals surface area contributed by atoms with Gasteiger partial charge in [0.15, 0.2) is 5.82 Å². The lowest BCUT2D eigenvalue weighted by Crippen LogP contribution is -2.47. The minimum Gasteiger partial charge on any atom is -0.384 e. The van der Waals surface area contributed by atoms with Gasteiger partial charge in [0.2, 0.25) is 5.89 Å². The summed E-state index contributed by atoms with van der Waals surface area (Å²) in [5.41, 5.74) is 2.70. The lowest BCUT2D eigenvalue weighted by atomic mass is 9.53. The van der Waals surface area contributed by atoms with Crippen molar-refractivity contribution in [3.05, 3.63) is 46.4 Å². The van der Waals surface area contributed by atoms with Crippen LogP contribution in [0.5, 0.6) is 0 Å². The van der Waals surface area contributed by atoms with Gasteiger partial charge in [-0.2, -0.15) is 4.98 Å². The molecule has 4 aliphatic rings. The maximum atomic E-state index is 10.2. The molecule has 2 bridgehead atoms. The van der Waals surface area contributed by atoms with Crippen molar-refractivity contribution in [2.24, 2.45) is 5.41 Å². The zero-order chi connectivity index (χ0) is 22.7. The number of benzene rings is 1. The number of fused-ring (bicyclic) bond motifs is 3. The van der Waals surface area contributed by atoms with E-state index in [1.165, 1.54) is 43.4 Å². The van der Waals surface area contributed by atoms with E-state index < -0.39 is 5.60 Å². The second-order valence-corrected chi connectivity index (χ2v) is 11.9. The van der Waals surface area contributed by atoms with Crippen LogP contribution in [0.2, 0.25) is 0 Å². The minimum atomic E-state index is -0.907. The zero-order valence-corrected chi connectivity index (χ0v) is 20.2. The lowest BCUT2D eigenvalue weighted by molar-refractivity contribution is 0.0322. The summed E-state index contributed by atoms with van der Waals surface area (Å²) in [6, 6.07) is 8.48. The lowest BCUT2D eigenvalue weighted by Gasteiger charge is -2.52. The van der Waals surface area contributed by atoms with E-state index in [9.17, 15) is 5.11 Å². The van der Waals surface area contributed by atoms with Crippen LogP contribution in [0.15, 0.2) is 34.2 Å². The average molecular weight is 465 g/mol. The van der Waals surface area contributed by atoms with E-state index in [1.807, 2.05) is 5.38 Å². The van der Waals surface area contributed by atoms with Gasteiger partial charge in [0.25, 0.3) is 0 Å². The van der Waals surface area contributed by atoms with Crippen LogP contribution < -0.4 is 5.32 Å². The molecule has 4 saturated carbocycles. The molecule has 1 aromatic carbocycles. The number of aliphatic hydroxyl groups is 1. The van der Waals surface area contributed by atoms with Crippen LogP contribution in [0, 0.1) is 5.41 Å². The van der Waals surface area contributed by atoms with Crippen LogP contribution in [-0.4, -0.2) is 26.8 Å². The number of nitrogens with one attached hydrogen (secondary N) is 1. The fraction of sp³-hybridized carbons (Fsp3) is 0.577. The summed E-state index contributed by atoms with van der Waals surface area (Å²) in [7, 11) is 0. The number of nitrogens with zero attached hydrogens (tertiary/aromatic N) is 3. The molecule has 174 valence electrons. The normalized spacial score (nSPS) is 27.1. The van der Waals surface area contributed by atoms with Crippen molar-refractivity contribution in [2.45, 2.75) is 82.1 Å². The fourth-order valence-electron chi connectivity index (χ4n) is 5.57. The molecule has 2 heterocycles. The van der Waals surface area contributed by atoms with Gasteiger partial charge in [0.05, 0.1) is 5.69 Å². The minimum absolute atomic E-state index is 0.116. The van der Waals surface area contributed by atoms with Crippen molar-refractivity contribution in [2.75, 3.05) is 11.9 Å². The molecule has 2 aromatic heterocycles. The SMILES string of the molecule is CC(C)(O)c1nc(-c2cccc(NCC34CCC(c5nc(C6CC6)no5)(CC3)CC4)c2)cs1. The predicted octanol–water partition coefficient (Wildman–Crippen LogP) is 6.00. The fourth-order valence-corrected chi connectivity index (χ4v) is 6.42. The van der Waals surface area contributed by atoms with Crippen molar-refractivity contribution in [3.8, 4) is 11.3 Å². The van der Waals surface area contributed by atoms with E-state index in [1.54, 1.807) is 13.8 Å². The Morgan fingerprint density at radius 1 is 1.12 bits per heavy atom. The van der Waals surface area contributed by atoms with Crippen LogP contribution in [0.4, 0.5) is 5.69 Å². The number of anilines is 1. The van der Waals surface area contributed by atoms with E-state index in [0.717, 1.165) is 59.5 Å². The van der Waals surface area contributed by atoms with Crippen LogP contribution in [0.25, 0.3) is 11.3 Å². The molecule has 2 N–H and O–H groups in total. The third-order valence-corrected chi connectivity index (χ3v) is 9.25. The molecule has 0 amide bonds. The first-order chi connectivity index (χ1) is 15.8. The summed E-state index contributed by atoms with van der Waals surface area (Å²) < 4.78 is 5.77. The molecule has 0 saturated heterocycles. The molecule has 6 nitrogen and oxygen atoms in total. The van der Waals surface area contributed by atoms with Gasteiger partial charge < -0.3 is 14.9 Å². The number of hydrogen-bond donors (Lipinski definition) is 2. The van der Waals surface area contributed by atoms with Gasteiger partial charge in [-0.1, -0.05) is 17.3 Å². The third-order valence-electron chi connectivity index (χ3n) is 8.09. The Balaban J connectivity index is 1.11. The Hall–Kier alpha value is -2.25. The van der Waals surface area contributed by atoms with Crippen LogP contribution in [-0.2, 0) is 11.0 Å². The predicted molar refractivity (Wildman–Crippen MR) is 129 cm³/mol. The largest absolute Gasteiger partial charge is 0.384 e. The topological polar surface area (TPSA) is 84.1 Å². The summed E-state index contributed by atoms with van der Waals surface area (Å²) >= 11 is 1.51. The molecule has 0 radical (unpaired) electrons. The van der Waals surface area contributed by atoms with Crippen molar-refractivity contribution >= 4 is 17.0 Å². The molecular formula is C26H32N4O2S. The summed E-state index contributed by atoms with van der Waals surface area (Å²) in [5.74, 6) is 2.40. The third kappa shape index (κ3) is 3.99. The molecule has 0 atom stereocenters. The van der Waals surface area contributed by atoms with E-state index in [-0.39, 0.29) is 5.41 Å². The Morgan fingerprint density at radius 3 is 2.55 bits per heavy atom. The highest BCUT2D eigenvalue weighted by atomic mass is 32.1.